The van der Waals surface area contributed by atoms with Crippen LogP contribution in [0.2, 0.25) is 0 Å². The first-order valence-electron chi connectivity index (χ1n) is 6.14. The van der Waals surface area contributed by atoms with E-state index in [9.17, 15) is 4.55 Å². The largest absolute Gasteiger partial charge is 0.616 e. The van der Waals surface area contributed by atoms with Crippen molar-refractivity contribution in [3.63, 3.8) is 0 Å². The molecule has 0 bridgehead atoms. The van der Waals surface area contributed by atoms with Gasteiger partial charge in [0.2, 0.25) is 0 Å². The zero-order chi connectivity index (χ0) is 12.1. The van der Waals surface area contributed by atoms with Crippen LogP contribution in [0.1, 0.15) is 38.5 Å². The van der Waals surface area contributed by atoms with Gasteiger partial charge in [0.25, 0.3) is 0 Å². The van der Waals surface area contributed by atoms with Gasteiger partial charge >= 0.3 is 0 Å². The van der Waals surface area contributed by atoms with Crippen molar-refractivity contribution >= 4 is 11.2 Å². The molecular weight excluding hydrogens is 224 g/mol. The third-order valence-electron chi connectivity index (χ3n) is 2.44. The lowest BCUT2D eigenvalue weighted by atomic mass is 10.3. The normalized spacial score (nSPS) is 11.2. The van der Waals surface area contributed by atoms with Gasteiger partial charge in [-0.3, -0.25) is 0 Å². The quantitative estimate of drug-likeness (QED) is 0.394. The van der Waals surface area contributed by atoms with E-state index < -0.39 is 11.2 Å². The molecule has 0 radical (unpaired) electrons. The van der Waals surface area contributed by atoms with E-state index in [4.69, 9.17) is 9.47 Å². The van der Waals surface area contributed by atoms with Crippen LogP contribution >= 0.6 is 0 Å². The maximum atomic E-state index is 11.6. The second-order valence-corrected chi connectivity index (χ2v) is 5.65. The smallest absolute Gasteiger partial charge is 0.105 e. The van der Waals surface area contributed by atoms with Crippen molar-refractivity contribution in [1.29, 1.82) is 0 Å². The minimum atomic E-state index is -0.612. The van der Waals surface area contributed by atoms with Crippen molar-refractivity contribution in [2.24, 2.45) is 0 Å². The van der Waals surface area contributed by atoms with Crippen molar-refractivity contribution in [2.45, 2.75) is 38.5 Å². The Morgan fingerprint density at radius 3 is 1.56 bits per heavy atom. The van der Waals surface area contributed by atoms with E-state index >= 15 is 0 Å². The molecule has 0 saturated heterocycles. The van der Waals surface area contributed by atoms with E-state index in [2.05, 4.69) is 0 Å². The SMILES string of the molecule is COCCCCC[S+]([O-])CCCCCOC. The maximum Gasteiger partial charge on any atom is 0.105 e. The third-order valence-corrected chi connectivity index (χ3v) is 3.93. The maximum absolute atomic E-state index is 11.6. The zero-order valence-corrected chi connectivity index (χ0v) is 11.5. The van der Waals surface area contributed by atoms with Gasteiger partial charge in [0.1, 0.15) is 11.5 Å². The van der Waals surface area contributed by atoms with Crippen LogP contribution in [0.4, 0.5) is 0 Å². The number of hydrogen-bond acceptors (Lipinski definition) is 3. The molecule has 4 heteroatoms. The number of rotatable bonds is 12. The van der Waals surface area contributed by atoms with Gasteiger partial charge in [-0.25, -0.2) is 0 Å². The average Bonchev–Trinajstić information content (AvgIpc) is 2.28. The molecule has 0 rings (SSSR count). The highest BCUT2D eigenvalue weighted by atomic mass is 32.2. The Morgan fingerprint density at radius 2 is 1.19 bits per heavy atom. The molecule has 0 N–H and O–H groups in total. The molecule has 0 spiro atoms. The van der Waals surface area contributed by atoms with Gasteiger partial charge in [-0.15, -0.1) is 0 Å². The minimum absolute atomic E-state index is 0.612. The van der Waals surface area contributed by atoms with Crippen molar-refractivity contribution in [2.75, 3.05) is 38.9 Å². The Labute approximate surface area is 103 Å². The molecule has 0 fully saturated rings. The van der Waals surface area contributed by atoms with E-state index in [1.807, 2.05) is 0 Å². The molecule has 0 aromatic heterocycles. The first-order valence-corrected chi connectivity index (χ1v) is 7.63. The summed E-state index contributed by atoms with van der Waals surface area (Å²) < 4.78 is 21.5. The lowest BCUT2D eigenvalue weighted by molar-refractivity contribution is 0.192. The zero-order valence-electron chi connectivity index (χ0n) is 10.7. The molecule has 0 saturated carbocycles. The first kappa shape index (κ1) is 16.2. The Kier molecular flexibility index (Phi) is 13.5. The van der Waals surface area contributed by atoms with Crippen LogP contribution in [-0.2, 0) is 20.6 Å². The summed E-state index contributed by atoms with van der Waals surface area (Å²) in [5, 5.41) is 0. The molecule has 3 nitrogen and oxygen atoms in total. The molecule has 0 aliphatic heterocycles. The molecule has 0 aliphatic rings. The second-order valence-electron chi connectivity index (χ2n) is 3.95. The van der Waals surface area contributed by atoms with E-state index in [-0.39, 0.29) is 0 Å². The monoisotopic (exact) mass is 250 g/mol. The van der Waals surface area contributed by atoms with Crippen LogP contribution in [0.5, 0.6) is 0 Å². The molecule has 0 atom stereocenters. The van der Waals surface area contributed by atoms with E-state index in [1.54, 1.807) is 14.2 Å². The molecule has 16 heavy (non-hydrogen) atoms. The highest BCUT2D eigenvalue weighted by molar-refractivity contribution is 7.91. The molecule has 0 aromatic carbocycles. The number of methoxy groups -OCH3 is 2. The summed E-state index contributed by atoms with van der Waals surface area (Å²) in [6.07, 6.45) is 6.55. The van der Waals surface area contributed by atoms with Crippen LogP contribution < -0.4 is 0 Å². The number of unbranched alkanes of at least 4 members (excludes halogenated alkanes) is 4. The molecular formula is C12H26O3S. The summed E-state index contributed by atoms with van der Waals surface area (Å²) >= 11 is -0.612. The standard InChI is InChI=1S/C12H26O3S/c1-14-9-5-3-7-11-16(13)12-8-4-6-10-15-2/h3-12H2,1-2H3. The van der Waals surface area contributed by atoms with Gasteiger partial charge in [0, 0.05) is 27.4 Å². The summed E-state index contributed by atoms with van der Waals surface area (Å²) in [5.74, 6) is 1.71. The van der Waals surface area contributed by atoms with Crippen LogP contribution in [0.15, 0.2) is 0 Å². The van der Waals surface area contributed by atoms with Crippen molar-refractivity contribution in [3.05, 3.63) is 0 Å². The van der Waals surface area contributed by atoms with Gasteiger partial charge in [0.05, 0.1) is 0 Å². The first-order chi connectivity index (χ1) is 7.81. The highest BCUT2D eigenvalue weighted by Crippen LogP contribution is 2.05. The number of ether oxygens (including phenoxy) is 2. The fourth-order valence-electron chi connectivity index (χ4n) is 1.47. The van der Waals surface area contributed by atoms with Crippen molar-refractivity contribution < 1.29 is 14.0 Å². The molecule has 0 aromatic rings. The highest BCUT2D eigenvalue weighted by Gasteiger charge is 2.04. The number of hydrogen-bond donors (Lipinski definition) is 0. The van der Waals surface area contributed by atoms with Gasteiger partial charge in [0.15, 0.2) is 0 Å². The lowest BCUT2D eigenvalue weighted by Crippen LogP contribution is -2.11. The molecule has 0 amide bonds. The summed E-state index contributed by atoms with van der Waals surface area (Å²) in [6, 6.07) is 0. The summed E-state index contributed by atoms with van der Waals surface area (Å²) in [6.45, 7) is 1.65. The van der Waals surface area contributed by atoms with E-state index in [1.165, 1.54) is 0 Å². The van der Waals surface area contributed by atoms with Crippen molar-refractivity contribution in [3.8, 4) is 0 Å². The second kappa shape index (κ2) is 13.3. The summed E-state index contributed by atoms with van der Waals surface area (Å²) in [4.78, 5) is 0. The molecule has 0 heterocycles. The summed E-state index contributed by atoms with van der Waals surface area (Å²) in [5.41, 5.74) is 0. The van der Waals surface area contributed by atoms with Crippen molar-refractivity contribution in [1.82, 2.24) is 0 Å². The summed E-state index contributed by atoms with van der Waals surface area (Å²) in [7, 11) is 3.44. The Balaban J connectivity index is 3.09. The topological polar surface area (TPSA) is 41.5 Å². The van der Waals surface area contributed by atoms with Gasteiger partial charge in [-0.1, -0.05) is 11.2 Å². The van der Waals surface area contributed by atoms with Crippen LogP contribution in [0.3, 0.4) is 0 Å². The molecule has 0 unspecified atom stereocenters. The van der Waals surface area contributed by atoms with Crippen LogP contribution in [0, 0.1) is 0 Å². The fraction of sp³-hybridized carbons (Fsp3) is 1.00. The molecule has 98 valence electrons. The third kappa shape index (κ3) is 12.3. The molecule has 0 aliphatic carbocycles. The Bertz CT molecular complexity index is 119. The van der Waals surface area contributed by atoms with E-state index in [0.717, 1.165) is 63.2 Å². The van der Waals surface area contributed by atoms with Gasteiger partial charge in [-0.2, -0.15) is 0 Å². The van der Waals surface area contributed by atoms with E-state index in [0.29, 0.717) is 0 Å². The Morgan fingerprint density at radius 1 is 0.750 bits per heavy atom. The minimum Gasteiger partial charge on any atom is -0.616 e. The van der Waals surface area contributed by atoms with Crippen LogP contribution in [0.25, 0.3) is 0 Å². The average molecular weight is 250 g/mol. The lowest BCUT2D eigenvalue weighted by Gasteiger charge is -2.10. The fourth-order valence-corrected chi connectivity index (χ4v) is 2.73. The van der Waals surface area contributed by atoms with Gasteiger partial charge < -0.3 is 14.0 Å². The van der Waals surface area contributed by atoms with Crippen LogP contribution in [-0.4, -0.2) is 43.5 Å². The predicted molar refractivity (Wildman–Crippen MR) is 69.3 cm³/mol. The van der Waals surface area contributed by atoms with Gasteiger partial charge in [-0.05, 0) is 38.5 Å². The predicted octanol–water partition coefficient (Wildman–Crippen LogP) is 2.37. The Hall–Kier alpha value is 0.230.